The number of terminal acetylenes is 1. The SMILES string of the molecule is C#Cc1cccc(NCc2ccc(OCC#N)cc2)c1. The third kappa shape index (κ3) is 3.80. The quantitative estimate of drug-likeness (QED) is 0.842. The molecule has 0 aliphatic carbocycles. The molecule has 1 N–H and O–H groups in total. The summed E-state index contributed by atoms with van der Waals surface area (Å²) in [5.74, 6) is 3.31. The Kier molecular flexibility index (Phi) is 4.65. The zero-order valence-electron chi connectivity index (χ0n) is 11.0. The summed E-state index contributed by atoms with van der Waals surface area (Å²) >= 11 is 0. The molecule has 0 saturated carbocycles. The summed E-state index contributed by atoms with van der Waals surface area (Å²) in [7, 11) is 0. The number of nitrogens with one attached hydrogen (secondary N) is 1. The van der Waals surface area contributed by atoms with Gasteiger partial charge in [-0.3, -0.25) is 0 Å². The Morgan fingerprint density at radius 2 is 1.95 bits per heavy atom. The molecule has 0 aliphatic heterocycles. The Bertz CT molecular complexity index is 648. The zero-order chi connectivity index (χ0) is 14.2. The second-order valence-corrected chi connectivity index (χ2v) is 4.17. The van der Waals surface area contributed by atoms with Gasteiger partial charge < -0.3 is 10.1 Å². The average molecular weight is 262 g/mol. The van der Waals surface area contributed by atoms with Gasteiger partial charge in [-0.25, -0.2) is 0 Å². The second kappa shape index (κ2) is 6.87. The molecular weight excluding hydrogens is 248 g/mol. The van der Waals surface area contributed by atoms with Crippen LogP contribution < -0.4 is 10.1 Å². The maximum absolute atomic E-state index is 8.44. The molecule has 20 heavy (non-hydrogen) atoms. The van der Waals surface area contributed by atoms with Crippen molar-refractivity contribution in [3.05, 3.63) is 59.7 Å². The molecule has 0 amide bonds. The van der Waals surface area contributed by atoms with E-state index in [4.69, 9.17) is 16.4 Å². The molecule has 0 aromatic heterocycles. The van der Waals surface area contributed by atoms with Gasteiger partial charge in [-0.2, -0.15) is 5.26 Å². The Balaban J connectivity index is 1.94. The van der Waals surface area contributed by atoms with E-state index in [1.807, 2.05) is 54.6 Å². The van der Waals surface area contributed by atoms with Gasteiger partial charge in [0.2, 0.25) is 0 Å². The summed E-state index contributed by atoms with van der Waals surface area (Å²) in [5, 5.41) is 11.7. The van der Waals surface area contributed by atoms with Crippen molar-refractivity contribution >= 4 is 5.69 Å². The van der Waals surface area contributed by atoms with Crippen LogP contribution in [0.25, 0.3) is 0 Å². The van der Waals surface area contributed by atoms with Gasteiger partial charge in [-0.05, 0) is 35.9 Å². The van der Waals surface area contributed by atoms with Crippen LogP contribution >= 0.6 is 0 Å². The van der Waals surface area contributed by atoms with Gasteiger partial charge in [-0.1, -0.05) is 24.1 Å². The van der Waals surface area contributed by atoms with E-state index in [-0.39, 0.29) is 6.61 Å². The van der Waals surface area contributed by atoms with Crippen molar-refractivity contribution in [2.45, 2.75) is 6.54 Å². The largest absolute Gasteiger partial charge is 0.479 e. The second-order valence-electron chi connectivity index (χ2n) is 4.17. The predicted octanol–water partition coefficient (Wildman–Crippen LogP) is 3.18. The molecule has 2 aromatic carbocycles. The lowest BCUT2D eigenvalue weighted by molar-refractivity contribution is 0.368. The third-order valence-corrected chi connectivity index (χ3v) is 2.75. The molecular formula is C17H14N2O. The van der Waals surface area contributed by atoms with Crippen LogP contribution in [-0.4, -0.2) is 6.61 Å². The van der Waals surface area contributed by atoms with Crippen molar-refractivity contribution in [2.75, 3.05) is 11.9 Å². The van der Waals surface area contributed by atoms with E-state index < -0.39 is 0 Å². The fraction of sp³-hybridized carbons (Fsp3) is 0.118. The lowest BCUT2D eigenvalue weighted by Crippen LogP contribution is -2.00. The van der Waals surface area contributed by atoms with E-state index in [0.29, 0.717) is 12.3 Å². The van der Waals surface area contributed by atoms with Crippen molar-refractivity contribution in [3.63, 3.8) is 0 Å². The average Bonchev–Trinajstić information content (AvgIpc) is 2.52. The molecule has 0 bridgehead atoms. The van der Waals surface area contributed by atoms with Gasteiger partial charge >= 0.3 is 0 Å². The highest BCUT2D eigenvalue weighted by atomic mass is 16.5. The summed E-state index contributed by atoms with van der Waals surface area (Å²) in [5.41, 5.74) is 2.97. The number of hydrogen-bond acceptors (Lipinski definition) is 3. The first-order valence-electron chi connectivity index (χ1n) is 6.21. The lowest BCUT2D eigenvalue weighted by Gasteiger charge is -2.08. The first-order valence-corrected chi connectivity index (χ1v) is 6.21. The minimum atomic E-state index is 0.0660. The molecule has 2 rings (SSSR count). The van der Waals surface area contributed by atoms with Crippen LogP contribution in [0.2, 0.25) is 0 Å². The highest BCUT2D eigenvalue weighted by molar-refractivity contribution is 5.50. The fourth-order valence-electron chi connectivity index (χ4n) is 1.74. The topological polar surface area (TPSA) is 45.0 Å². The number of rotatable bonds is 5. The van der Waals surface area contributed by atoms with Gasteiger partial charge in [0.25, 0.3) is 0 Å². The van der Waals surface area contributed by atoms with Crippen molar-refractivity contribution in [1.82, 2.24) is 0 Å². The van der Waals surface area contributed by atoms with Crippen LogP contribution in [0.5, 0.6) is 5.75 Å². The Hall–Kier alpha value is -2.91. The molecule has 0 radical (unpaired) electrons. The first kappa shape index (κ1) is 13.5. The Labute approximate surface area is 118 Å². The fourth-order valence-corrected chi connectivity index (χ4v) is 1.74. The van der Waals surface area contributed by atoms with Crippen LogP contribution in [0.15, 0.2) is 48.5 Å². The first-order chi connectivity index (χ1) is 9.81. The minimum Gasteiger partial charge on any atom is -0.479 e. The number of nitriles is 1. The molecule has 0 fully saturated rings. The maximum atomic E-state index is 8.44. The normalized spacial score (nSPS) is 9.30. The van der Waals surface area contributed by atoms with Crippen LogP contribution in [0, 0.1) is 23.7 Å². The molecule has 0 saturated heterocycles. The molecule has 0 unspecified atom stereocenters. The van der Waals surface area contributed by atoms with Crippen LogP contribution in [0.3, 0.4) is 0 Å². The molecule has 0 spiro atoms. The molecule has 0 atom stereocenters. The highest BCUT2D eigenvalue weighted by Crippen LogP contribution is 2.15. The third-order valence-electron chi connectivity index (χ3n) is 2.75. The van der Waals surface area contributed by atoms with Gasteiger partial charge in [0.1, 0.15) is 11.8 Å². The van der Waals surface area contributed by atoms with E-state index in [9.17, 15) is 0 Å². The number of anilines is 1. The van der Waals surface area contributed by atoms with Crippen molar-refractivity contribution in [1.29, 1.82) is 5.26 Å². The number of nitrogens with zero attached hydrogens (tertiary/aromatic N) is 1. The van der Waals surface area contributed by atoms with Gasteiger partial charge in [-0.15, -0.1) is 6.42 Å². The smallest absolute Gasteiger partial charge is 0.174 e. The minimum absolute atomic E-state index is 0.0660. The van der Waals surface area contributed by atoms with E-state index >= 15 is 0 Å². The van der Waals surface area contributed by atoms with Gasteiger partial charge in [0.15, 0.2) is 6.61 Å². The molecule has 0 aliphatic rings. The maximum Gasteiger partial charge on any atom is 0.174 e. The zero-order valence-corrected chi connectivity index (χ0v) is 11.0. The Morgan fingerprint density at radius 1 is 1.15 bits per heavy atom. The van der Waals surface area contributed by atoms with E-state index in [2.05, 4.69) is 11.2 Å². The van der Waals surface area contributed by atoms with Crippen LogP contribution in [-0.2, 0) is 6.54 Å². The van der Waals surface area contributed by atoms with Crippen molar-refractivity contribution in [3.8, 4) is 24.2 Å². The van der Waals surface area contributed by atoms with Crippen molar-refractivity contribution < 1.29 is 4.74 Å². The summed E-state index contributed by atoms with van der Waals surface area (Å²) in [6.45, 7) is 0.767. The van der Waals surface area contributed by atoms with E-state index in [0.717, 1.165) is 16.8 Å². The van der Waals surface area contributed by atoms with Crippen LogP contribution in [0.4, 0.5) is 5.69 Å². The molecule has 98 valence electrons. The van der Waals surface area contributed by atoms with E-state index in [1.165, 1.54) is 0 Å². The Morgan fingerprint density at radius 3 is 2.65 bits per heavy atom. The predicted molar refractivity (Wildman–Crippen MR) is 79.3 cm³/mol. The summed E-state index contributed by atoms with van der Waals surface area (Å²) < 4.78 is 5.20. The molecule has 2 aromatic rings. The van der Waals surface area contributed by atoms with Gasteiger partial charge in [0, 0.05) is 17.8 Å². The standard InChI is InChI=1S/C17H14N2O/c1-2-14-4-3-5-16(12-14)19-13-15-6-8-17(9-7-15)20-11-10-18/h1,3-9,12,19H,11,13H2. The summed E-state index contributed by atoms with van der Waals surface area (Å²) in [6, 6.07) is 17.3. The number of hydrogen-bond donors (Lipinski definition) is 1. The number of benzene rings is 2. The monoisotopic (exact) mass is 262 g/mol. The summed E-state index contributed by atoms with van der Waals surface area (Å²) in [4.78, 5) is 0. The van der Waals surface area contributed by atoms with Gasteiger partial charge in [0.05, 0.1) is 0 Å². The molecule has 3 nitrogen and oxygen atoms in total. The van der Waals surface area contributed by atoms with E-state index in [1.54, 1.807) is 0 Å². The summed E-state index contributed by atoms with van der Waals surface area (Å²) in [6.07, 6.45) is 5.37. The highest BCUT2D eigenvalue weighted by Gasteiger charge is 1.97. The van der Waals surface area contributed by atoms with Crippen molar-refractivity contribution in [2.24, 2.45) is 0 Å². The molecule has 3 heteroatoms. The lowest BCUT2D eigenvalue weighted by atomic mass is 10.2. The number of ether oxygens (including phenoxy) is 1. The molecule has 0 heterocycles. The van der Waals surface area contributed by atoms with Crippen LogP contribution in [0.1, 0.15) is 11.1 Å².